The third-order valence-electron chi connectivity index (χ3n) is 2.47. The van der Waals surface area contributed by atoms with Crippen molar-refractivity contribution in [3.05, 3.63) is 24.3 Å². The van der Waals surface area contributed by atoms with Crippen LogP contribution >= 0.6 is 0 Å². The largest absolute Gasteiger partial charge is 0.377 e. The van der Waals surface area contributed by atoms with E-state index in [4.69, 9.17) is 9.47 Å². The maximum absolute atomic E-state index is 10.9. The lowest BCUT2D eigenvalue weighted by Gasteiger charge is -2.23. The van der Waals surface area contributed by atoms with E-state index in [0.717, 1.165) is 11.4 Å². The number of benzene rings is 1. The SMILES string of the molecule is COC(OC)C(C)Nc1ccc(NC(C)=O)cc1. The van der Waals surface area contributed by atoms with Crippen LogP contribution in [-0.4, -0.2) is 32.5 Å². The molecule has 5 heteroatoms. The molecule has 2 N–H and O–H groups in total. The fourth-order valence-electron chi connectivity index (χ4n) is 1.69. The number of carbonyl (C=O) groups is 1. The van der Waals surface area contributed by atoms with Crippen LogP contribution in [-0.2, 0) is 14.3 Å². The van der Waals surface area contributed by atoms with Crippen LogP contribution in [0.1, 0.15) is 13.8 Å². The predicted octanol–water partition coefficient (Wildman–Crippen LogP) is 2.06. The summed E-state index contributed by atoms with van der Waals surface area (Å²) < 4.78 is 10.3. The van der Waals surface area contributed by atoms with Crippen molar-refractivity contribution in [2.75, 3.05) is 24.9 Å². The molecule has 1 rings (SSSR count). The first kappa shape index (κ1) is 14.5. The van der Waals surface area contributed by atoms with Crippen LogP contribution in [0.5, 0.6) is 0 Å². The number of hydrogen-bond donors (Lipinski definition) is 2. The van der Waals surface area contributed by atoms with Crippen molar-refractivity contribution in [2.24, 2.45) is 0 Å². The van der Waals surface area contributed by atoms with Crippen LogP contribution in [0.15, 0.2) is 24.3 Å². The van der Waals surface area contributed by atoms with Gasteiger partial charge in [0, 0.05) is 32.5 Å². The monoisotopic (exact) mass is 252 g/mol. The molecule has 1 atom stereocenters. The smallest absolute Gasteiger partial charge is 0.221 e. The van der Waals surface area contributed by atoms with Gasteiger partial charge in [0.05, 0.1) is 6.04 Å². The van der Waals surface area contributed by atoms with Crippen molar-refractivity contribution < 1.29 is 14.3 Å². The summed E-state index contributed by atoms with van der Waals surface area (Å²) in [6, 6.07) is 7.48. The second kappa shape index (κ2) is 6.98. The van der Waals surface area contributed by atoms with Gasteiger partial charge in [-0.1, -0.05) is 0 Å². The van der Waals surface area contributed by atoms with Gasteiger partial charge in [0.2, 0.25) is 5.91 Å². The van der Waals surface area contributed by atoms with Crippen LogP contribution in [0.25, 0.3) is 0 Å². The molecule has 0 aliphatic rings. The summed E-state index contributed by atoms with van der Waals surface area (Å²) >= 11 is 0. The predicted molar refractivity (Wildman–Crippen MR) is 71.6 cm³/mol. The van der Waals surface area contributed by atoms with E-state index in [1.165, 1.54) is 6.92 Å². The van der Waals surface area contributed by atoms with Crippen molar-refractivity contribution >= 4 is 17.3 Å². The molecule has 0 saturated heterocycles. The molecular weight excluding hydrogens is 232 g/mol. The number of ether oxygens (including phenoxy) is 2. The van der Waals surface area contributed by atoms with Crippen LogP contribution < -0.4 is 10.6 Å². The number of methoxy groups -OCH3 is 2. The first-order valence-corrected chi connectivity index (χ1v) is 5.76. The summed E-state index contributed by atoms with van der Waals surface area (Å²) in [5.41, 5.74) is 1.71. The first-order chi connectivity index (χ1) is 8.56. The van der Waals surface area contributed by atoms with Gasteiger partial charge >= 0.3 is 0 Å². The molecule has 0 saturated carbocycles. The maximum atomic E-state index is 10.9. The summed E-state index contributed by atoms with van der Waals surface area (Å²) in [6.07, 6.45) is -0.306. The zero-order valence-electron chi connectivity index (χ0n) is 11.2. The Morgan fingerprint density at radius 3 is 2.06 bits per heavy atom. The van der Waals surface area contributed by atoms with Crippen LogP contribution in [0.3, 0.4) is 0 Å². The number of carbonyl (C=O) groups excluding carboxylic acids is 1. The molecule has 0 fully saturated rings. The minimum absolute atomic E-state index is 0.0200. The molecule has 1 unspecified atom stereocenters. The van der Waals surface area contributed by atoms with Crippen molar-refractivity contribution in [1.82, 2.24) is 0 Å². The number of nitrogens with one attached hydrogen (secondary N) is 2. The highest BCUT2D eigenvalue weighted by Gasteiger charge is 2.15. The van der Waals surface area contributed by atoms with Crippen molar-refractivity contribution in [3.63, 3.8) is 0 Å². The molecule has 1 aromatic rings. The molecule has 0 spiro atoms. The van der Waals surface area contributed by atoms with Gasteiger partial charge < -0.3 is 20.1 Å². The van der Waals surface area contributed by atoms with E-state index < -0.39 is 0 Å². The summed E-state index contributed by atoms with van der Waals surface area (Å²) in [4.78, 5) is 10.9. The second-order valence-electron chi connectivity index (χ2n) is 4.03. The van der Waals surface area contributed by atoms with E-state index in [2.05, 4.69) is 10.6 Å². The number of amides is 1. The Morgan fingerprint density at radius 1 is 1.11 bits per heavy atom. The van der Waals surface area contributed by atoms with Gasteiger partial charge in [-0.05, 0) is 31.2 Å². The average Bonchev–Trinajstić information content (AvgIpc) is 2.32. The topological polar surface area (TPSA) is 59.6 Å². The molecule has 0 bridgehead atoms. The highest BCUT2D eigenvalue weighted by molar-refractivity contribution is 5.88. The van der Waals surface area contributed by atoms with E-state index in [1.807, 2.05) is 31.2 Å². The van der Waals surface area contributed by atoms with Crippen LogP contribution in [0.4, 0.5) is 11.4 Å². The Morgan fingerprint density at radius 2 is 1.61 bits per heavy atom. The van der Waals surface area contributed by atoms with Crippen molar-refractivity contribution in [1.29, 1.82) is 0 Å². The molecule has 1 aromatic carbocycles. The lowest BCUT2D eigenvalue weighted by atomic mass is 10.2. The van der Waals surface area contributed by atoms with Gasteiger partial charge in [0.1, 0.15) is 0 Å². The van der Waals surface area contributed by atoms with E-state index >= 15 is 0 Å². The highest BCUT2D eigenvalue weighted by atomic mass is 16.7. The van der Waals surface area contributed by atoms with E-state index in [0.29, 0.717) is 0 Å². The molecule has 5 nitrogen and oxygen atoms in total. The summed E-state index contributed by atoms with van der Waals surface area (Å²) in [6.45, 7) is 3.45. The first-order valence-electron chi connectivity index (χ1n) is 5.76. The summed E-state index contributed by atoms with van der Waals surface area (Å²) in [5.74, 6) is -0.0806. The molecular formula is C13H20N2O3. The fraction of sp³-hybridized carbons (Fsp3) is 0.462. The van der Waals surface area contributed by atoms with Crippen LogP contribution in [0, 0.1) is 0 Å². The van der Waals surface area contributed by atoms with Crippen molar-refractivity contribution in [3.8, 4) is 0 Å². The normalized spacial score (nSPS) is 12.3. The Hall–Kier alpha value is -1.59. The minimum atomic E-state index is -0.306. The molecule has 0 aliphatic carbocycles. The Bertz CT molecular complexity index is 374. The molecule has 18 heavy (non-hydrogen) atoms. The van der Waals surface area contributed by atoms with Crippen LogP contribution in [0.2, 0.25) is 0 Å². The van der Waals surface area contributed by atoms with Crippen molar-refractivity contribution in [2.45, 2.75) is 26.2 Å². The zero-order valence-corrected chi connectivity index (χ0v) is 11.2. The second-order valence-corrected chi connectivity index (χ2v) is 4.03. The zero-order chi connectivity index (χ0) is 13.5. The lowest BCUT2D eigenvalue weighted by molar-refractivity contribution is -0.114. The van der Waals surface area contributed by atoms with Gasteiger partial charge in [-0.15, -0.1) is 0 Å². The van der Waals surface area contributed by atoms with Gasteiger partial charge in [0.15, 0.2) is 6.29 Å². The van der Waals surface area contributed by atoms with Gasteiger partial charge in [-0.3, -0.25) is 4.79 Å². The molecule has 0 aromatic heterocycles. The highest BCUT2D eigenvalue weighted by Crippen LogP contribution is 2.15. The summed E-state index contributed by atoms with van der Waals surface area (Å²) in [7, 11) is 3.21. The van der Waals surface area contributed by atoms with E-state index in [9.17, 15) is 4.79 Å². The van der Waals surface area contributed by atoms with Gasteiger partial charge in [0.25, 0.3) is 0 Å². The minimum Gasteiger partial charge on any atom is -0.377 e. The molecule has 100 valence electrons. The lowest BCUT2D eigenvalue weighted by Crippen LogP contribution is -2.33. The Labute approximate surface area is 107 Å². The quantitative estimate of drug-likeness (QED) is 0.761. The number of rotatable bonds is 6. The third kappa shape index (κ3) is 4.35. The standard InChI is InChI=1S/C13H20N2O3/c1-9(13(17-3)18-4)14-11-5-7-12(8-6-11)15-10(2)16/h5-9,13-14H,1-4H3,(H,15,16). The Kier molecular flexibility index (Phi) is 5.61. The third-order valence-corrected chi connectivity index (χ3v) is 2.47. The van der Waals surface area contributed by atoms with E-state index in [-0.39, 0.29) is 18.2 Å². The number of hydrogen-bond acceptors (Lipinski definition) is 4. The molecule has 0 aliphatic heterocycles. The molecule has 0 heterocycles. The fourth-order valence-corrected chi connectivity index (χ4v) is 1.69. The molecule has 1 amide bonds. The molecule has 0 radical (unpaired) electrons. The number of anilines is 2. The van der Waals surface area contributed by atoms with E-state index in [1.54, 1.807) is 14.2 Å². The summed E-state index contributed by atoms with van der Waals surface area (Å²) in [5, 5.41) is 5.98. The van der Waals surface area contributed by atoms with Gasteiger partial charge in [-0.2, -0.15) is 0 Å². The average molecular weight is 252 g/mol. The Balaban J connectivity index is 2.60. The maximum Gasteiger partial charge on any atom is 0.221 e. The van der Waals surface area contributed by atoms with Gasteiger partial charge in [-0.25, -0.2) is 0 Å².